The van der Waals surface area contributed by atoms with Crippen LogP contribution in [0.4, 0.5) is 0 Å². The third-order valence-electron chi connectivity index (χ3n) is 4.16. The van der Waals surface area contributed by atoms with E-state index in [4.69, 9.17) is 0 Å². The molecule has 2 N–H and O–H groups in total. The maximum absolute atomic E-state index is 12.7. The topological polar surface area (TPSA) is 59.0 Å². The second kappa shape index (κ2) is 5.24. The molecule has 0 aromatic carbocycles. The van der Waals surface area contributed by atoms with Gasteiger partial charge in [-0.25, -0.2) is 4.68 Å². The molecule has 1 saturated heterocycles. The van der Waals surface area contributed by atoms with Gasteiger partial charge in [-0.2, -0.15) is 5.10 Å². The third kappa shape index (κ3) is 2.28. The summed E-state index contributed by atoms with van der Waals surface area (Å²) in [6, 6.07) is -0.110. The molecule has 1 aliphatic heterocycles. The van der Waals surface area contributed by atoms with E-state index in [1.54, 1.807) is 10.9 Å². The molecular weight excluding hydrogens is 264 g/mol. The Labute approximate surface area is 123 Å². The predicted octanol–water partition coefficient (Wildman–Crippen LogP) is 0.0971. The number of allylic oxidation sites excluding steroid dienone is 2. The average molecular weight is 284 g/mol. The van der Waals surface area contributed by atoms with Crippen molar-refractivity contribution < 1.29 is 0 Å². The van der Waals surface area contributed by atoms with E-state index in [0.29, 0.717) is 0 Å². The molecule has 1 atom stereocenters. The van der Waals surface area contributed by atoms with Crippen molar-refractivity contribution in [2.75, 3.05) is 7.05 Å². The van der Waals surface area contributed by atoms with Crippen molar-refractivity contribution in [3.63, 3.8) is 0 Å². The van der Waals surface area contributed by atoms with Crippen molar-refractivity contribution in [2.45, 2.75) is 31.7 Å². The standard InChI is InChI=1S/C16H20N4O/c1-10-7-8-15(11(2)19-10)20-16(21)12-5-4-6-14(17-3)13(12)9-18-20/h5,9,15,17,19H,1-2,4,6-8H2,3H3. The number of fused-ring (bicyclic) bond motifs is 1. The summed E-state index contributed by atoms with van der Waals surface area (Å²) >= 11 is 0. The molecule has 21 heavy (non-hydrogen) atoms. The first kappa shape index (κ1) is 13.7. The van der Waals surface area contributed by atoms with E-state index < -0.39 is 0 Å². The minimum atomic E-state index is -0.110. The number of rotatable bonds is 2. The number of aromatic nitrogens is 2. The van der Waals surface area contributed by atoms with Gasteiger partial charge in [0, 0.05) is 34.6 Å². The highest BCUT2D eigenvalue weighted by atomic mass is 16.1. The first-order valence-electron chi connectivity index (χ1n) is 7.24. The summed E-state index contributed by atoms with van der Waals surface area (Å²) in [6.07, 6.45) is 7.23. The van der Waals surface area contributed by atoms with Crippen LogP contribution in [0.25, 0.3) is 11.8 Å². The van der Waals surface area contributed by atoms with Gasteiger partial charge in [-0.05, 0) is 25.7 Å². The molecule has 0 bridgehead atoms. The van der Waals surface area contributed by atoms with E-state index in [1.165, 1.54) is 0 Å². The van der Waals surface area contributed by atoms with Crippen LogP contribution in [0.2, 0.25) is 0 Å². The van der Waals surface area contributed by atoms with Crippen molar-refractivity contribution in [2.24, 2.45) is 0 Å². The molecule has 0 radical (unpaired) electrons. The van der Waals surface area contributed by atoms with Crippen molar-refractivity contribution in [1.29, 1.82) is 0 Å². The Morgan fingerprint density at radius 1 is 1.43 bits per heavy atom. The number of nitrogens with zero attached hydrogens (tertiary/aromatic N) is 2. The summed E-state index contributed by atoms with van der Waals surface area (Å²) in [6.45, 7) is 7.92. The minimum Gasteiger partial charge on any atom is -0.391 e. The van der Waals surface area contributed by atoms with Crippen molar-refractivity contribution in [1.82, 2.24) is 20.4 Å². The SMILES string of the molecule is C=C1CCC(n2ncc3c(c2=O)=CCCC=3NC)C(=C)N1. The average Bonchev–Trinajstić information content (AvgIpc) is 2.48. The molecule has 1 aromatic rings. The van der Waals surface area contributed by atoms with Crippen molar-refractivity contribution >= 4 is 11.8 Å². The zero-order valence-corrected chi connectivity index (χ0v) is 12.3. The van der Waals surface area contributed by atoms with Crippen LogP contribution in [-0.4, -0.2) is 16.8 Å². The number of hydrogen-bond acceptors (Lipinski definition) is 4. The van der Waals surface area contributed by atoms with Gasteiger partial charge < -0.3 is 10.6 Å². The zero-order chi connectivity index (χ0) is 15.0. The maximum atomic E-state index is 12.7. The first-order valence-corrected chi connectivity index (χ1v) is 7.24. The summed E-state index contributed by atoms with van der Waals surface area (Å²) in [5.41, 5.74) is 2.77. The van der Waals surface area contributed by atoms with Gasteiger partial charge in [0.1, 0.15) is 0 Å². The van der Waals surface area contributed by atoms with Crippen LogP contribution in [0.15, 0.2) is 35.5 Å². The lowest BCUT2D eigenvalue weighted by Crippen LogP contribution is -2.51. The molecular formula is C16H20N4O. The monoisotopic (exact) mass is 284 g/mol. The Morgan fingerprint density at radius 3 is 2.95 bits per heavy atom. The fraction of sp³-hybridized carbons (Fsp3) is 0.375. The highest BCUT2D eigenvalue weighted by Crippen LogP contribution is 2.25. The fourth-order valence-corrected chi connectivity index (χ4v) is 3.02. The Balaban J connectivity index is 2.14. The van der Waals surface area contributed by atoms with Gasteiger partial charge in [-0.15, -0.1) is 0 Å². The van der Waals surface area contributed by atoms with Gasteiger partial charge in [-0.1, -0.05) is 19.2 Å². The minimum absolute atomic E-state index is 0.0413. The molecule has 2 aliphatic rings. The van der Waals surface area contributed by atoms with Crippen LogP contribution in [0.1, 0.15) is 31.7 Å². The van der Waals surface area contributed by atoms with Crippen LogP contribution >= 0.6 is 0 Å². The zero-order valence-electron chi connectivity index (χ0n) is 12.3. The van der Waals surface area contributed by atoms with E-state index in [-0.39, 0.29) is 11.6 Å². The maximum Gasteiger partial charge on any atom is 0.275 e. The van der Waals surface area contributed by atoms with Gasteiger partial charge >= 0.3 is 0 Å². The van der Waals surface area contributed by atoms with E-state index in [1.807, 2.05) is 13.1 Å². The molecule has 5 heteroatoms. The molecule has 0 spiro atoms. The molecule has 5 nitrogen and oxygen atoms in total. The Kier molecular flexibility index (Phi) is 3.41. The van der Waals surface area contributed by atoms with E-state index in [9.17, 15) is 4.79 Å². The summed E-state index contributed by atoms with van der Waals surface area (Å²) in [5, 5.41) is 12.4. The summed E-state index contributed by atoms with van der Waals surface area (Å²) < 4.78 is 1.55. The van der Waals surface area contributed by atoms with Crippen LogP contribution < -0.4 is 26.6 Å². The lowest BCUT2D eigenvalue weighted by Gasteiger charge is -2.28. The lowest BCUT2D eigenvalue weighted by molar-refractivity contribution is 0.412. The molecule has 1 aliphatic carbocycles. The smallest absolute Gasteiger partial charge is 0.275 e. The van der Waals surface area contributed by atoms with Gasteiger partial charge in [0.15, 0.2) is 0 Å². The van der Waals surface area contributed by atoms with Crippen LogP contribution in [0.5, 0.6) is 0 Å². The molecule has 110 valence electrons. The first-order chi connectivity index (χ1) is 10.1. The van der Waals surface area contributed by atoms with E-state index in [0.717, 1.165) is 53.2 Å². The number of piperidine rings is 1. The fourth-order valence-electron chi connectivity index (χ4n) is 3.02. The third-order valence-corrected chi connectivity index (χ3v) is 4.16. The summed E-state index contributed by atoms with van der Waals surface area (Å²) in [7, 11) is 1.88. The van der Waals surface area contributed by atoms with E-state index in [2.05, 4.69) is 28.9 Å². The highest BCUT2D eigenvalue weighted by Gasteiger charge is 2.23. The predicted molar refractivity (Wildman–Crippen MR) is 83.6 cm³/mol. The highest BCUT2D eigenvalue weighted by molar-refractivity contribution is 5.48. The quantitative estimate of drug-likeness (QED) is 0.808. The molecule has 3 rings (SSSR count). The number of nitrogens with one attached hydrogen (secondary N) is 2. The molecule has 1 unspecified atom stereocenters. The lowest BCUT2D eigenvalue weighted by atomic mass is 10.0. The van der Waals surface area contributed by atoms with Crippen LogP contribution in [0.3, 0.4) is 0 Å². The molecule has 0 saturated carbocycles. The molecule has 2 heterocycles. The van der Waals surface area contributed by atoms with Crippen LogP contribution in [0, 0.1) is 0 Å². The van der Waals surface area contributed by atoms with Gasteiger partial charge in [0.25, 0.3) is 5.56 Å². The second-order valence-electron chi connectivity index (χ2n) is 5.50. The second-order valence-corrected chi connectivity index (χ2v) is 5.50. The molecule has 0 amide bonds. The molecule has 1 aromatic heterocycles. The normalized spacial score (nSPS) is 21.4. The summed E-state index contributed by atoms with van der Waals surface area (Å²) in [5.74, 6) is 0. The molecule has 1 fully saturated rings. The largest absolute Gasteiger partial charge is 0.391 e. The van der Waals surface area contributed by atoms with Gasteiger partial charge in [-0.3, -0.25) is 4.79 Å². The van der Waals surface area contributed by atoms with Gasteiger partial charge in [0.05, 0.1) is 12.2 Å². The van der Waals surface area contributed by atoms with E-state index >= 15 is 0 Å². The number of hydrogen-bond donors (Lipinski definition) is 2. The Bertz CT molecular complexity index is 787. The Morgan fingerprint density at radius 2 is 2.24 bits per heavy atom. The van der Waals surface area contributed by atoms with Crippen molar-refractivity contribution in [3.05, 3.63) is 51.5 Å². The Hall–Kier alpha value is -2.30. The van der Waals surface area contributed by atoms with Crippen molar-refractivity contribution in [3.8, 4) is 0 Å². The van der Waals surface area contributed by atoms with Gasteiger partial charge in [0.2, 0.25) is 0 Å². The van der Waals surface area contributed by atoms with Crippen LogP contribution in [-0.2, 0) is 0 Å². The summed E-state index contributed by atoms with van der Waals surface area (Å²) in [4.78, 5) is 12.7.